The topological polar surface area (TPSA) is 75.7 Å². The number of amides is 1. The van der Waals surface area contributed by atoms with Crippen LogP contribution in [0.1, 0.15) is 37.8 Å². The van der Waals surface area contributed by atoms with Crippen LogP contribution in [-0.2, 0) is 14.8 Å². The summed E-state index contributed by atoms with van der Waals surface area (Å²) in [6.07, 6.45) is 1.97. The SMILES string of the molecule is CCC(NC(=O)CCCN(c1ccc(F)c(F)c1)S(C)(=O)=O)c1ccc(OC)cc1. The van der Waals surface area contributed by atoms with Crippen molar-refractivity contribution in [2.45, 2.75) is 32.2 Å². The largest absolute Gasteiger partial charge is 0.497 e. The molecule has 0 aliphatic heterocycles. The van der Waals surface area contributed by atoms with Crippen LogP contribution in [0.2, 0.25) is 0 Å². The summed E-state index contributed by atoms with van der Waals surface area (Å²) in [5.74, 6) is -1.70. The molecule has 164 valence electrons. The smallest absolute Gasteiger partial charge is 0.232 e. The molecule has 0 radical (unpaired) electrons. The lowest BCUT2D eigenvalue weighted by Crippen LogP contribution is -2.33. The third-order valence-electron chi connectivity index (χ3n) is 4.62. The summed E-state index contributed by atoms with van der Waals surface area (Å²) < 4.78 is 56.9. The highest BCUT2D eigenvalue weighted by Crippen LogP contribution is 2.22. The standard InChI is InChI=1S/C21H26F2N2O4S/c1-4-20(15-7-10-17(29-2)11-8-15)24-21(26)6-5-13-25(30(3,27)28)16-9-12-18(22)19(23)14-16/h7-12,14,20H,4-6,13H2,1-3H3,(H,24,26). The maximum atomic E-state index is 13.5. The van der Waals surface area contributed by atoms with E-state index in [0.29, 0.717) is 6.42 Å². The molecule has 1 atom stereocenters. The van der Waals surface area contributed by atoms with Crippen molar-refractivity contribution in [3.8, 4) is 5.75 Å². The molecule has 0 saturated carbocycles. The number of nitrogens with one attached hydrogen (secondary N) is 1. The molecule has 1 amide bonds. The van der Waals surface area contributed by atoms with E-state index in [-0.39, 0.29) is 37.0 Å². The van der Waals surface area contributed by atoms with Gasteiger partial charge in [-0.05, 0) is 42.7 Å². The number of rotatable bonds is 10. The Morgan fingerprint density at radius 1 is 1.13 bits per heavy atom. The Hall–Kier alpha value is -2.68. The van der Waals surface area contributed by atoms with Gasteiger partial charge in [-0.15, -0.1) is 0 Å². The molecule has 2 rings (SSSR count). The zero-order valence-electron chi connectivity index (χ0n) is 17.2. The number of benzene rings is 2. The molecule has 6 nitrogen and oxygen atoms in total. The summed E-state index contributed by atoms with van der Waals surface area (Å²) in [7, 11) is -2.14. The van der Waals surface area contributed by atoms with Crippen molar-refractivity contribution in [3.63, 3.8) is 0 Å². The van der Waals surface area contributed by atoms with E-state index >= 15 is 0 Å². The normalized spacial score (nSPS) is 12.3. The van der Waals surface area contributed by atoms with Gasteiger partial charge in [-0.3, -0.25) is 9.10 Å². The fraction of sp³-hybridized carbons (Fsp3) is 0.381. The van der Waals surface area contributed by atoms with Gasteiger partial charge in [-0.1, -0.05) is 19.1 Å². The molecule has 0 aliphatic carbocycles. The molecule has 30 heavy (non-hydrogen) atoms. The van der Waals surface area contributed by atoms with Gasteiger partial charge in [-0.25, -0.2) is 17.2 Å². The van der Waals surface area contributed by atoms with Crippen molar-refractivity contribution >= 4 is 21.6 Å². The van der Waals surface area contributed by atoms with Gasteiger partial charge in [0.1, 0.15) is 5.75 Å². The summed E-state index contributed by atoms with van der Waals surface area (Å²) in [5.41, 5.74) is 0.952. The molecule has 0 spiro atoms. The summed E-state index contributed by atoms with van der Waals surface area (Å²) in [4.78, 5) is 12.4. The van der Waals surface area contributed by atoms with Gasteiger partial charge in [0.15, 0.2) is 11.6 Å². The lowest BCUT2D eigenvalue weighted by molar-refractivity contribution is -0.121. The zero-order chi connectivity index (χ0) is 22.3. The predicted molar refractivity (Wildman–Crippen MR) is 112 cm³/mol. The van der Waals surface area contributed by atoms with Gasteiger partial charge in [0, 0.05) is 19.0 Å². The van der Waals surface area contributed by atoms with E-state index in [1.165, 1.54) is 6.07 Å². The van der Waals surface area contributed by atoms with Crippen LogP contribution >= 0.6 is 0 Å². The summed E-state index contributed by atoms with van der Waals surface area (Å²) in [6.45, 7) is 1.92. The number of hydrogen-bond donors (Lipinski definition) is 1. The highest BCUT2D eigenvalue weighted by atomic mass is 32.2. The fourth-order valence-corrected chi connectivity index (χ4v) is 3.99. The van der Waals surface area contributed by atoms with E-state index < -0.39 is 21.7 Å². The van der Waals surface area contributed by atoms with E-state index in [0.717, 1.165) is 34.0 Å². The van der Waals surface area contributed by atoms with Crippen LogP contribution in [-0.4, -0.2) is 34.2 Å². The van der Waals surface area contributed by atoms with Crippen molar-refractivity contribution < 1.29 is 26.7 Å². The van der Waals surface area contributed by atoms with Gasteiger partial charge in [0.05, 0.1) is 25.1 Å². The van der Waals surface area contributed by atoms with E-state index in [1.54, 1.807) is 7.11 Å². The Balaban J connectivity index is 1.98. The molecule has 1 unspecified atom stereocenters. The van der Waals surface area contributed by atoms with E-state index in [9.17, 15) is 22.0 Å². The number of hydrogen-bond acceptors (Lipinski definition) is 4. The van der Waals surface area contributed by atoms with Gasteiger partial charge in [-0.2, -0.15) is 0 Å². The van der Waals surface area contributed by atoms with Crippen molar-refractivity contribution in [3.05, 3.63) is 59.7 Å². The number of carbonyl (C=O) groups is 1. The van der Waals surface area contributed by atoms with Gasteiger partial charge >= 0.3 is 0 Å². The Bertz CT molecular complexity index is 965. The summed E-state index contributed by atoms with van der Waals surface area (Å²) in [6, 6.07) is 10.1. The second-order valence-electron chi connectivity index (χ2n) is 6.84. The first-order valence-electron chi connectivity index (χ1n) is 9.51. The van der Waals surface area contributed by atoms with Gasteiger partial charge in [0.2, 0.25) is 15.9 Å². The molecule has 0 bridgehead atoms. The predicted octanol–water partition coefficient (Wildman–Crippen LogP) is 3.79. The second-order valence-corrected chi connectivity index (χ2v) is 8.75. The minimum atomic E-state index is -3.72. The quantitative estimate of drug-likeness (QED) is 0.610. The molecule has 2 aromatic rings. The molecule has 9 heteroatoms. The number of nitrogens with zero attached hydrogens (tertiary/aromatic N) is 1. The van der Waals surface area contributed by atoms with E-state index in [4.69, 9.17) is 4.74 Å². The summed E-state index contributed by atoms with van der Waals surface area (Å²) >= 11 is 0. The van der Waals surface area contributed by atoms with E-state index in [2.05, 4.69) is 5.32 Å². The third kappa shape index (κ3) is 6.41. The molecule has 0 saturated heterocycles. The van der Waals surface area contributed by atoms with Crippen molar-refractivity contribution in [2.75, 3.05) is 24.2 Å². The minimum Gasteiger partial charge on any atom is -0.497 e. The lowest BCUT2D eigenvalue weighted by Gasteiger charge is -2.23. The molecule has 1 N–H and O–H groups in total. The Labute approximate surface area is 175 Å². The number of methoxy groups -OCH3 is 1. The first kappa shape index (κ1) is 23.6. The van der Waals surface area contributed by atoms with Gasteiger partial charge < -0.3 is 10.1 Å². The molecular formula is C21H26F2N2O4S. The molecule has 2 aromatic carbocycles. The second kappa shape index (κ2) is 10.4. The highest BCUT2D eigenvalue weighted by molar-refractivity contribution is 7.92. The number of halogens is 2. The first-order chi connectivity index (χ1) is 14.2. The van der Waals surface area contributed by atoms with Crippen LogP contribution in [0.4, 0.5) is 14.5 Å². The van der Waals surface area contributed by atoms with Crippen molar-refractivity contribution in [1.29, 1.82) is 0 Å². The monoisotopic (exact) mass is 440 g/mol. The Morgan fingerprint density at radius 3 is 2.33 bits per heavy atom. The lowest BCUT2D eigenvalue weighted by atomic mass is 10.0. The van der Waals surface area contributed by atoms with Crippen LogP contribution in [0.5, 0.6) is 5.75 Å². The van der Waals surface area contributed by atoms with Crippen LogP contribution < -0.4 is 14.4 Å². The average Bonchev–Trinajstić information content (AvgIpc) is 2.71. The number of ether oxygens (including phenoxy) is 1. The van der Waals surface area contributed by atoms with Crippen molar-refractivity contribution in [1.82, 2.24) is 5.32 Å². The number of sulfonamides is 1. The maximum Gasteiger partial charge on any atom is 0.232 e. The zero-order valence-corrected chi connectivity index (χ0v) is 18.0. The third-order valence-corrected chi connectivity index (χ3v) is 5.81. The Morgan fingerprint density at radius 2 is 1.80 bits per heavy atom. The molecular weight excluding hydrogens is 414 g/mol. The average molecular weight is 441 g/mol. The number of anilines is 1. The first-order valence-corrected chi connectivity index (χ1v) is 11.4. The van der Waals surface area contributed by atoms with Crippen LogP contribution in [0.25, 0.3) is 0 Å². The van der Waals surface area contributed by atoms with Crippen LogP contribution in [0.15, 0.2) is 42.5 Å². The maximum absolute atomic E-state index is 13.5. The van der Waals surface area contributed by atoms with Gasteiger partial charge in [0.25, 0.3) is 0 Å². The minimum absolute atomic E-state index is 0.0153. The highest BCUT2D eigenvalue weighted by Gasteiger charge is 2.20. The van der Waals surface area contributed by atoms with E-state index in [1.807, 2.05) is 31.2 Å². The van der Waals surface area contributed by atoms with Crippen LogP contribution in [0, 0.1) is 11.6 Å². The van der Waals surface area contributed by atoms with Crippen molar-refractivity contribution in [2.24, 2.45) is 0 Å². The molecule has 0 aromatic heterocycles. The number of carbonyl (C=O) groups excluding carboxylic acids is 1. The molecule has 0 heterocycles. The van der Waals surface area contributed by atoms with Crippen LogP contribution in [0.3, 0.4) is 0 Å². The Kier molecular flexibility index (Phi) is 8.16. The molecule has 0 fully saturated rings. The summed E-state index contributed by atoms with van der Waals surface area (Å²) in [5, 5.41) is 2.93. The molecule has 0 aliphatic rings. The fourth-order valence-electron chi connectivity index (χ4n) is 3.03.